The molecule has 2 aromatic carbocycles. The third kappa shape index (κ3) is 14.3. The molecule has 0 radical (unpaired) electrons. The number of carbonyl (C=O) groups excluding carboxylic acids is 2. The maximum Gasteiger partial charge on any atom is 0.330 e. The Hall–Kier alpha value is -6.39. The van der Waals surface area contributed by atoms with Crippen molar-refractivity contribution in [2.45, 2.75) is 51.4 Å². The Morgan fingerprint density at radius 3 is 1.80 bits per heavy atom. The summed E-state index contributed by atoms with van der Waals surface area (Å²) in [4.78, 5) is 30.1. The molecule has 66 heavy (non-hydrogen) atoms. The van der Waals surface area contributed by atoms with Crippen molar-refractivity contribution in [1.29, 1.82) is 15.8 Å². The van der Waals surface area contributed by atoms with Crippen LogP contribution in [0.1, 0.15) is 56.2 Å². The van der Waals surface area contributed by atoms with Crippen molar-refractivity contribution in [3.05, 3.63) is 82.9 Å². The van der Waals surface area contributed by atoms with Crippen LogP contribution in [-0.4, -0.2) is 110 Å². The Labute approximate surface area is 390 Å². The maximum atomic E-state index is 14.1. The molecule has 16 nitrogen and oxygen atoms in total. The fraction of sp³-hybridized carbons (Fsp3) is 0.449. The van der Waals surface area contributed by atoms with E-state index in [1.165, 1.54) is 11.3 Å². The summed E-state index contributed by atoms with van der Waals surface area (Å²) < 4.78 is 39.5. The highest BCUT2D eigenvalue weighted by Gasteiger charge is 2.42. The summed E-state index contributed by atoms with van der Waals surface area (Å²) in [5.41, 5.74) is 2.22. The number of ether oxygens (including phenoxy) is 7. The monoisotopic (exact) mass is 919 g/mol. The van der Waals surface area contributed by atoms with Crippen molar-refractivity contribution in [2.24, 2.45) is 10.2 Å². The summed E-state index contributed by atoms with van der Waals surface area (Å²) in [5.74, 6) is -0.705. The predicted molar refractivity (Wildman–Crippen MR) is 250 cm³/mol. The van der Waals surface area contributed by atoms with Gasteiger partial charge in [0.1, 0.15) is 38.0 Å². The van der Waals surface area contributed by atoms with Gasteiger partial charge in [-0.15, -0.1) is 11.3 Å². The second kappa shape index (κ2) is 27.8. The molecule has 0 saturated carbocycles. The summed E-state index contributed by atoms with van der Waals surface area (Å²) >= 11 is 1.18. The van der Waals surface area contributed by atoms with Gasteiger partial charge in [-0.3, -0.25) is 4.79 Å². The number of anilines is 1. The van der Waals surface area contributed by atoms with Crippen LogP contribution in [-0.2, 0) is 33.3 Å². The number of rotatable bonds is 29. The van der Waals surface area contributed by atoms with Gasteiger partial charge in [-0.25, -0.2) is 4.79 Å². The zero-order valence-electron chi connectivity index (χ0n) is 37.8. The Bertz CT molecular complexity index is 2270. The number of carbonyl (C=O) groups is 2. The van der Waals surface area contributed by atoms with Gasteiger partial charge < -0.3 is 43.0 Å². The zero-order chi connectivity index (χ0) is 46.9. The molecule has 2 aliphatic heterocycles. The fourth-order valence-corrected chi connectivity index (χ4v) is 8.42. The Balaban J connectivity index is 1.27. The largest absolute Gasteiger partial charge is 0.485 e. The van der Waals surface area contributed by atoms with E-state index in [-0.39, 0.29) is 49.0 Å². The smallest absolute Gasteiger partial charge is 0.330 e. The molecule has 0 unspecified atom stereocenters. The van der Waals surface area contributed by atoms with Crippen LogP contribution in [0.25, 0.3) is 16.0 Å². The fourth-order valence-electron chi connectivity index (χ4n) is 7.18. The van der Waals surface area contributed by atoms with Crippen LogP contribution >= 0.6 is 11.3 Å². The first-order chi connectivity index (χ1) is 32.4. The number of hydrogen-bond acceptors (Lipinski definition) is 16. The number of fused-ring (bicyclic) bond motifs is 1. The minimum atomic E-state index is -0.713. The van der Waals surface area contributed by atoms with Crippen LogP contribution in [0.15, 0.2) is 88.3 Å². The summed E-state index contributed by atoms with van der Waals surface area (Å²) in [6.07, 6.45) is 9.69. The molecule has 0 atom stereocenters. The van der Waals surface area contributed by atoms with Crippen molar-refractivity contribution in [2.75, 3.05) is 98.2 Å². The molecule has 3 aromatic rings. The van der Waals surface area contributed by atoms with Crippen LogP contribution in [0, 0.1) is 34.0 Å². The molecule has 0 saturated heterocycles. The lowest BCUT2D eigenvalue weighted by Crippen LogP contribution is -2.31. The predicted octanol–water partition coefficient (Wildman–Crippen LogP) is 9.00. The van der Waals surface area contributed by atoms with Gasteiger partial charge in [0.05, 0.1) is 57.7 Å². The second-order valence-corrected chi connectivity index (χ2v) is 16.1. The third-order valence-corrected chi connectivity index (χ3v) is 11.8. The minimum Gasteiger partial charge on any atom is -0.485 e. The van der Waals surface area contributed by atoms with Crippen LogP contribution in [0.4, 0.5) is 17.1 Å². The molecule has 5 rings (SSSR count). The maximum absolute atomic E-state index is 14.1. The van der Waals surface area contributed by atoms with E-state index in [9.17, 15) is 25.4 Å². The van der Waals surface area contributed by atoms with Crippen molar-refractivity contribution in [1.82, 2.24) is 4.90 Å². The normalized spacial score (nSPS) is 13.2. The second-order valence-electron chi connectivity index (χ2n) is 15.0. The number of hydrogen-bond donors (Lipinski definition) is 0. The summed E-state index contributed by atoms with van der Waals surface area (Å²) in [6.45, 7) is 9.05. The molecule has 348 valence electrons. The Morgan fingerprint density at radius 2 is 1.29 bits per heavy atom. The van der Waals surface area contributed by atoms with Gasteiger partial charge in [-0.2, -0.15) is 26.0 Å². The number of nitrogens with zero attached hydrogens (tertiary/aromatic N) is 7. The van der Waals surface area contributed by atoms with Crippen LogP contribution in [0.3, 0.4) is 0 Å². The number of azo groups is 1. The SMILES string of the molecule is C=CC(=O)OCCN1C(=O)C(c2sc(-c3ccc(N=Nc4ccc(N(CCOCCCCCCOC)CCOCCCCCCOC)cc4)cc3)c3c2OCCO3)=C(C#N)C1=C(C#N)C#N. The molecule has 17 heteroatoms. The molecular formula is C49H57N7O9S. The van der Waals surface area contributed by atoms with Crippen LogP contribution in [0.2, 0.25) is 0 Å². The van der Waals surface area contributed by atoms with E-state index in [0.29, 0.717) is 40.1 Å². The number of amides is 1. The molecule has 0 spiro atoms. The number of unbranched alkanes of at least 4 members (excludes halogenated alkanes) is 6. The van der Waals surface area contributed by atoms with Crippen LogP contribution in [0.5, 0.6) is 11.5 Å². The van der Waals surface area contributed by atoms with E-state index in [1.54, 1.807) is 26.4 Å². The van der Waals surface area contributed by atoms with E-state index in [4.69, 9.17) is 33.2 Å². The minimum absolute atomic E-state index is 0.0511. The lowest BCUT2D eigenvalue weighted by Gasteiger charge is -2.25. The molecule has 3 heterocycles. The molecule has 0 bridgehead atoms. The van der Waals surface area contributed by atoms with Gasteiger partial charge in [-0.05, 0) is 67.6 Å². The van der Waals surface area contributed by atoms with E-state index in [0.717, 1.165) is 113 Å². The standard InChI is InChI=1S/C49H57N7O9S/c1-4-42(57)63-30-23-56-44(37(33-50)34-51)41(35-52)43(49(56)58)48-46-45(64-31-32-65-46)47(66-48)36-13-15-38(16-14-36)53-54-39-17-19-40(20-18-39)55(21-28-61-26-11-7-5-9-24-59-2)22-29-62-27-12-8-6-10-25-60-3/h4,13-20H,1,5-12,21-32H2,2-3H3. The van der Waals surface area contributed by atoms with Crippen molar-refractivity contribution in [3.8, 4) is 40.1 Å². The molecule has 1 aromatic heterocycles. The summed E-state index contributed by atoms with van der Waals surface area (Å²) in [6, 6.07) is 20.8. The molecule has 0 aliphatic carbocycles. The molecule has 2 aliphatic rings. The Kier molecular flexibility index (Phi) is 21.3. The first kappa shape index (κ1) is 50.6. The highest BCUT2D eigenvalue weighted by molar-refractivity contribution is 7.17. The average Bonchev–Trinajstić information content (AvgIpc) is 3.86. The van der Waals surface area contributed by atoms with E-state index < -0.39 is 17.4 Å². The number of esters is 1. The highest BCUT2D eigenvalue weighted by Crippen LogP contribution is 2.54. The first-order valence-corrected chi connectivity index (χ1v) is 22.9. The van der Waals surface area contributed by atoms with Gasteiger partial charge in [0.15, 0.2) is 17.1 Å². The van der Waals surface area contributed by atoms with Crippen LogP contribution < -0.4 is 14.4 Å². The topological polar surface area (TPSA) is 201 Å². The molecular weight excluding hydrogens is 863 g/mol. The summed E-state index contributed by atoms with van der Waals surface area (Å²) in [5, 5.41) is 38.9. The van der Waals surface area contributed by atoms with Gasteiger partial charge in [0, 0.05) is 65.5 Å². The molecule has 1 amide bonds. The first-order valence-electron chi connectivity index (χ1n) is 22.1. The number of benzene rings is 2. The number of methoxy groups -OCH3 is 2. The average molecular weight is 920 g/mol. The van der Waals surface area contributed by atoms with E-state index in [2.05, 4.69) is 21.7 Å². The van der Waals surface area contributed by atoms with Gasteiger partial charge in [0.25, 0.3) is 5.91 Å². The van der Waals surface area contributed by atoms with Crippen molar-refractivity contribution >= 4 is 45.8 Å². The third-order valence-electron chi connectivity index (χ3n) is 10.6. The number of nitriles is 3. The quantitative estimate of drug-likeness (QED) is 0.0210. The zero-order valence-corrected chi connectivity index (χ0v) is 38.6. The molecule has 0 fully saturated rings. The summed E-state index contributed by atoms with van der Waals surface area (Å²) in [7, 11) is 3.46. The van der Waals surface area contributed by atoms with Gasteiger partial charge in [-0.1, -0.05) is 44.4 Å². The highest BCUT2D eigenvalue weighted by atomic mass is 32.1. The Morgan fingerprint density at radius 1 is 0.758 bits per heavy atom. The lowest BCUT2D eigenvalue weighted by molar-refractivity contribution is -0.139. The number of thiophene rings is 1. The van der Waals surface area contributed by atoms with Gasteiger partial charge in [0.2, 0.25) is 0 Å². The lowest BCUT2D eigenvalue weighted by atomic mass is 10.0. The van der Waals surface area contributed by atoms with E-state index >= 15 is 0 Å². The molecule has 0 N–H and O–H groups in total. The van der Waals surface area contributed by atoms with Gasteiger partial charge >= 0.3 is 5.97 Å². The van der Waals surface area contributed by atoms with Crippen molar-refractivity contribution < 1.29 is 42.7 Å². The number of allylic oxidation sites excluding steroid dienone is 2. The van der Waals surface area contributed by atoms with E-state index in [1.807, 2.05) is 54.6 Å². The van der Waals surface area contributed by atoms with Crippen molar-refractivity contribution in [3.63, 3.8) is 0 Å².